The lowest BCUT2D eigenvalue weighted by Gasteiger charge is -2.17. The maximum Gasteiger partial charge on any atom is 0.244 e. The molecule has 114 valence electrons. The quantitative estimate of drug-likeness (QED) is 0.841. The molecule has 1 amide bonds. The van der Waals surface area contributed by atoms with Gasteiger partial charge in [0.25, 0.3) is 0 Å². The van der Waals surface area contributed by atoms with Crippen molar-refractivity contribution in [2.24, 2.45) is 0 Å². The third-order valence-electron chi connectivity index (χ3n) is 3.71. The molecule has 21 heavy (non-hydrogen) atoms. The van der Waals surface area contributed by atoms with Crippen molar-refractivity contribution in [3.63, 3.8) is 0 Å². The minimum Gasteiger partial charge on any atom is -0.340 e. The minimum atomic E-state index is 0.0427. The summed E-state index contributed by atoms with van der Waals surface area (Å²) in [6.07, 6.45) is 3.63. The highest BCUT2D eigenvalue weighted by molar-refractivity contribution is 5.75. The molecule has 0 N–H and O–H groups in total. The summed E-state index contributed by atoms with van der Waals surface area (Å²) in [6, 6.07) is 0. The van der Waals surface area contributed by atoms with Crippen molar-refractivity contribution in [2.45, 2.75) is 47.3 Å². The number of hydrogen-bond acceptors (Lipinski definition) is 3. The van der Waals surface area contributed by atoms with Gasteiger partial charge >= 0.3 is 0 Å². The number of carbonyl (C=O) groups excluding carboxylic acids is 1. The number of likely N-dealkylation sites (N-methyl/N-ethyl adjacent to an activating group) is 1. The third-order valence-corrected chi connectivity index (χ3v) is 3.71. The maximum absolute atomic E-state index is 12.3. The first-order valence-electron chi connectivity index (χ1n) is 7.18. The van der Waals surface area contributed by atoms with Crippen LogP contribution in [0.2, 0.25) is 0 Å². The van der Waals surface area contributed by atoms with Gasteiger partial charge in [0.1, 0.15) is 6.54 Å². The highest BCUT2D eigenvalue weighted by Gasteiger charge is 2.16. The summed E-state index contributed by atoms with van der Waals surface area (Å²) in [7, 11) is 1.82. The van der Waals surface area contributed by atoms with Gasteiger partial charge in [-0.25, -0.2) is 0 Å². The van der Waals surface area contributed by atoms with Crippen molar-refractivity contribution in [1.29, 1.82) is 0 Å². The Morgan fingerprint density at radius 3 is 2.57 bits per heavy atom. The number of rotatable bonds is 5. The van der Waals surface area contributed by atoms with Crippen LogP contribution in [0, 0.1) is 20.8 Å². The predicted molar refractivity (Wildman–Crippen MR) is 80.8 cm³/mol. The molecule has 0 aliphatic heterocycles. The van der Waals surface area contributed by atoms with Crippen LogP contribution in [0.1, 0.15) is 29.4 Å². The lowest BCUT2D eigenvalue weighted by Crippen LogP contribution is -2.30. The molecule has 2 rings (SSSR count). The fourth-order valence-electron chi connectivity index (χ4n) is 2.41. The number of nitrogens with zero attached hydrogens (tertiary/aromatic N) is 5. The first-order chi connectivity index (χ1) is 9.92. The van der Waals surface area contributed by atoms with Crippen molar-refractivity contribution in [3.05, 3.63) is 34.9 Å². The van der Waals surface area contributed by atoms with Gasteiger partial charge in [0, 0.05) is 37.6 Å². The Labute approximate surface area is 125 Å². The van der Waals surface area contributed by atoms with E-state index in [-0.39, 0.29) is 12.5 Å². The van der Waals surface area contributed by atoms with Crippen molar-refractivity contribution in [2.75, 3.05) is 7.05 Å². The van der Waals surface area contributed by atoms with Gasteiger partial charge in [-0.1, -0.05) is 0 Å². The number of amides is 1. The topological polar surface area (TPSA) is 56.0 Å². The smallest absolute Gasteiger partial charge is 0.244 e. The van der Waals surface area contributed by atoms with Crippen LogP contribution in [-0.2, 0) is 24.4 Å². The van der Waals surface area contributed by atoms with Gasteiger partial charge in [0.05, 0.1) is 11.9 Å². The van der Waals surface area contributed by atoms with Crippen LogP contribution in [0.15, 0.2) is 12.4 Å². The van der Waals surface area contributed by atoms with Gasteiger partial charge in [-0.3, -0.25) is 14.2 Å². The molecule has 0 bridgehead atoms. The van der Waals surface area contributed by atoms with E-state index in [0.29, 0.717) is 6.54 Å². The van der Waals surface area contributed by atoms with Crippen molar-refractivity contribution >= 4 is 5.91 Å². The molecular formula is C15H23N5O. The van der Waals surface area contributed by atoms with E-state index in [4.69, 9.17) is 0 Å². The number of hydrogen-bond donors (Lipinski definition) is 0. The molecule has 0 aliphatic rings. The van der Waals surface area contributed by atoms with Gasteiger partial charge < -0.3 is 4.90 Å². The number of aromatic nitrogens is 4. The lowest BCUT2D eigenvalue weighted by molar-refractivity contribution is -0.131. The van der Waals surface area contributed by atoms with E-state index in [1.54, 1.807) is 15.8 Å². The van der Waals surface area contributed by atoms with Gasteiger partial charge in [-0.05, 0) is 33.3 Å². The zero-order chi connectivity index (χ0) is 15.6. The minimum absolute atomic E-state index is 0.0427. The average molecular weight is 289 g/mol. The highest BCUT2D eigenvalue weighted by atomic mass is 16.2. The molecule has 2 aromatic heterocycles. The number of carbonyl (C=O) groups is 1. The first-order valence-corrected chi connectivity index (χ1v) is 7.18. The third kappa shape index (κ3) is 3.32. The summed E-state index contributed by atoms with van der Waals surface area (Å²) in [5.74, 6) is 0.0427. The zero-order valence-electron chi connectivity index (χ0n) is 13.4. The molecule has 0 aromatic carbocycles. The van der Waals surface area contributed by atoms with Crippen LogP contribution >= 0.6 is 0 Å². The van der Waals surface area contributed by atoms with Gasteiger partial charge in [0.15, 0.2) is 0 Å². The lowest BCUT2D eigenvalue weighted by atomic mass is 10.2. The molecule has 0 spiro atoms. The first kappa shape index (κ1) is 15.3. The summed E-state index contributed by atoms with van der Waals surface area (Å²) in [4.78, 5) is 14.0. The summed E-state index contributed by atoms with van der Waals surface area (Å²) in [5, 5.41) is 8.64. The van der Waals surface area contributed by atoms with Crippen molar-refractivity contribution in [1.82, 2.24) is 24.5 Å². The van der Waals surface area contributed by atoms with Gasteiger partial charge in [0.2, 0.25) is 5.91 Å². The Balaban J connectivity index is 2.05. The van der Waals surface area contributed by atoms with Crippen LogP contribution in [0.3, 0.4) is 0 Å². The molecule has 0 saturated carbocycles. The van der Waals surface area contributed by atoms with Crippen LogP contribution in [-0.4, -0.2) is 37.4 Å². The largest absolute Gasteiger partial charge is 0.340 e. The predicted octanol–water partition coefficient (Wildman–Crippen LogP) is 1.68. The summed E-state index contributed by atoms with van der Waals surface area (Å²) in [5.41, 5.74) is 4.30. The fraction of sp³-hybridized carbons (Fsp3) is 0.533. The van der Waals surface area contributed by atoms with Crippen LogP contribution in [0.4, 0.5) is 0 Å². The Morgan fingerprint density at radius 2 is 2.05 bits per heavy atom. The second-order valence-corrected chi connectivity index (χ2v) is 5.43. The molecule has 0 radical (unpaired) electrons. The molecule has 0 unspecified atom stereocenters. The molecule has 2 heterocycles. The van der Waals surface area contributed by atoms with Crippen LogP contribution in [0.5, 0.6) is 0 Å². The molecule has 0 saturated heterocycles. The van der Waals surface area contributed by atoms with E-state index in [1.165, 1.54) is 0 Å². The molecular weight excluding hydrogens is 266 g/mol. The molecule has 0 fully saturated rings. The fourth-order valence-corrected chi connectivity index (χ4v) is 2.41. The monoisotopic (exact) mass is 289 g/mol. The maximum atomic E-state index is 12.3. The SMILES string of the molecule is CCn1nc(C)c(CN(C)C(=O)Cn2cc(C)cn2)c1C. The van der Waals surface area contributed by atoms with Gasteiger partial charge in [-0.2, -0.15) is 10.2 Å². The second-order valence-electron chi connectivity index (χ2n) is 5.43. The standard InChI is InChI=1S/C15H23N5O/c1-6-20-13(4)14(12(3)17-20)9-18(5)15(21)10-19-8-11(2)7-16-19/h7-8H,6,9-10H2,1-5H3. The van der Waals surface area contributed by atoms with E-state index in [1.807, 2.05) is 38.7 Å². The molecule has 0 aliphatic carbocycles. The van der Waals surface area contributed by atoms with Crippen LogP contribution in [0.25, 0.3) is 0 Å². The zero-order valence-corrected chi connectivity index (χ0v) is 13.4. The molecule has 0 atom stereocenters. The van der Waals surface area contributed by atoms with Crippen molar-refractivity contribution in [3.8, 4) is 0 Å². The van der Waals surface area contributed by atoms with E-state index >= 15 is 0 Å². The Morgan fingerprint density at radius 1 is 1.33 bits per heavy atom. The number of aryl methyl sites for hydroxylation is 3. The highest BCUT2D eigenvalue weighted by Crippen LogP contribution is 2.15. The Hall–Kier alpha value is -2.11. The molecule has 2 aromatic rings. The summed E-state index contributed by atoms with van der Waals surface area (Å²) >= 11 is 0. The van der Waals surface area contributed by atoms with E-state index < -0.39 is 0 Å². The van der Waals surface area contributed by atoms with Crippen LogP contribution < -0.4 is 0 Å². The average Bonchev–Trinajstić information content (AvgIpc) is 2.96. The molecule has 6 nitrogen and oxygen atoms in total. The second kappa shape index (κ2) is 6.11. The van der Waals surface area contributed by atoms with E-state index in [2.05, 4.69) is 17.1 Å². The Kier molecular flexibility index (Phi) is 4.45. The Bertz CT molecular complexity index is 641. The van der Waals surface area contributed by atoms with Gasteiger partial charge in [-0.15, -0.1) is 0 Å². The molecule has 6 heteroatoms. The normalized spacial score (nSPS) is 10.9. The van der Waals surface area contributed by atoms with E-state index in [9.17, 15) is 4.79 Å². The summed E-state index contributed by atoms with van der Waals surface area (Å²) in [6.45, 7) is 9.76. The van der Waals surface area contributed by atoms with Crippen molar-refractivity contribution < 1.29 is 4.79 Å². The van der Waals surface area contributed by atoms with E-state index in [0.717, 1.165) is 29.1 Å². The summed E-state index contributed by atoms with van der Waals surface area (Å²) < 4.78 is 3.64.